The van der Waals surface area contributed by atoms with E-state index in [1.165, 1.54) is 24.3 Å². The molecule has 108 valence electrons. The van der Waals surface area contributed by atoms with Crippen molar-refractivity contribution in [1.82, 2.24) is 0 Å². The molecule has 0 aliphatic carbocycles. The first kappa shape index (κ1) is 14.5. The van der Waals surface area contributed by atoms with Crippen molar-refractivity contribution in [2.75, 3.05) is 4.72 Å². The number of halogens is 1. The van der Waals surface area contributed by atoms with Crippen molar-refractivity contribution in [3.63, 3.8) is 0 Å². The van der Waals surface area contributed by atoms with Crippen LogP contribution in [-0.4, -0.2) is 8.42 Å². The average molecular weight is 295 g/mol. The number of anilines is 1. The summed E-state index contributed by atoms with van der Waals surface area (Å²) < 4.78 is 40.3. The number of rotatable bonds is 4. The Morgan fingerprint density at radius 3 is 2.45 bits per heavy atom. The van der Waals surface area contributed by atoms with E-state index in [9.17, 15) is 12.8 Å². The van der Waals surface area contributed by atoms with E-state index < -0.39 is 15.8 Å². The summed E-state index contributed by atoms with van der Waals surface area (Å²) in [7, 11) is -3.78. The topological polar surface area (TPSA) is 46.2 Å². The Balaban J connectivity index is 0.00000220. The van der Waals surface area contributed by atoms with Gasteiger partial charge in [0.2, 0.25) is 0 Å². The molecule has 0 bridgehead atoms. The smallest absolute Gasteiger partial charge is 0.261 e. The fourth-order valence-electron chi connectivity index (χ4n) is 1.79. The molecular weight excluding hydrogens is 277 g/mol. The Hall–Kier alpha value is -1.88. The SMILES string of the molecule is CC(C)c1cccc(S(=O)(=O)Nc2ccccc2F)c1.[HH]. The molecule has 20 heavy (non-hydrogen) atoms. The molecule has 0 unspecified atom stereocenters. The zero-order valence-electron chi connectivity index (χ0n) is 11.3. The van der Waals surface area contributed by atoms with Gasteiger partial charge in [-0.3, -0.25) is 4.72 Å². The minimum atomic E-state index is -3.78. The van der Waals surface area contributed by atoms with Gasteiger partial charge < -0.3 is 0 Å². The molecule has 1 N–H and O–H groups in total. The monoisotopic (exact) mass is 295 g/mol. The van der Waals surface area contributed by atoms with Crippen molar-refractivity contribution in [3.8, 4) is 0 Å². The minimum absolute atomic E-state index is 0. The molecule has 0 aliphatic heterocycles. The maximum absolute atomic E-state index is 13.5. The maximum Gasteiger partial charge on any atom is 0.261 e. The van der Waals surface area contributed by atoms with Gasteiger partial charge in [0.25, 0.3) is 10.0 Å². The lowest BCUT2D eigenvalue weighted by atomic mass is 10.0. The Morgan fingerprint density at radius 1 is 1.10 bits per heavy atom. The van der Waals surface area contributed by atoms with E-state index in [1.54, 1.807) is 18.2 Å². The molecule has 5 heteroatoms. The van der Waals surface area contributed by atoms with Crippen molar-refractivity contribution in [1.29, 1.82) is 0 Å². The third kappa shape index (κ3) is 3.17. The quantitative estimate of drug-likeness (QED) is 0.926. The number of hydrogen-bond donors (Lipinski definition) is 1. The molecule has 0 aromatic heterocycles. The van der Waals surface area contributed by atoms with Crippen molar-refractivity contribution < 1.29 is 14.2 Å². The predicted molar refractivity (Wildman–Crippen MR) is 79.9 cm³/mol. The summed E-state index contributed by atoms with van der Waals surface area (Å²) in [6.07, 6.45) is 0. The van der Waals surface area contributed by atoms with E-state index in [0.29, 0.717) is 0 Å². The number of benzene rings is 2. The van der Waals surface area contributed by atoms with E-state index in [4.69, 9.17) is 0 Å². The molecule has 2 rings (SSSR count). The zero-order valence-corrected chi connectivity index (χ0v) is 12.1. The van der Waals surface area contributed by atoms with E-state index in [1.807, 2.05) is 19.9 Å². The highest BCUT2D eigenvalue weighted by molar-refractivity contribution is 7.92. The summed E-state index contributed by atoms with van der Waals surface area (Å²) in [5.41, 5.74) is 0.865. The number of sulfonamides is 1. The Bertz CT molecular complexity index is 717. The molecular formula is C15H18FNO2S. The summed E-state index contributed by atoms with van der Waals surface area (Å²) in [5.74, 6) is -0.380. The normalized spacial score (nSPS) is 11.6. The molecule has 0 spiro atoms. The van der Waals surface area contributed by atoms with Gasteiger partial charge in [-0.15, -0.1) is 0 Å². The summed E-state index contributed by atoms with van der Waals surface area (Å²) in [6.45, 7) is 3.96. The molecule has 0 amide bonds. The van der Waals surface area contributed by atoms with Gasteiger partial charge in [0.15, 0.2) is 0 Å². The van der Waals surface area contributed by atoms with E-state index >= 15 is 0 Å². The second kappa shape index (κ2) is 5.63. The first-order valence-corrected chi connectivity index (χ1v) is 7.76. The molecule has 3 nitrogen and oxygen atoms in total. The lowest BCUT2D eigenvalue weighted by Crippen LogP contribution is -2.14. The van der Waals surface area contributed by atoms with E-state index in [-0.39, 0.29) is 17.9 Å². The average Bonchev–Trinajstić information content (AvgIpc) is 2.41. The lowest BCUT2D eigenvalue weighted by Gasteiger charge is -2.11. The number of nitrogens with one attached hydrogen (secondary N) is 1. The molecule has 0 aliphatic rings. The van der Waals surface area contributed by atoms with Crippen molar-refractivity contribution in [2.45, 2.75) is 24.7 Å². The van der Waals surface area contributed by atoms with E-state index in [2.05, 4.69) is 4.72 Å². The summed E-state index contributed by atoms with van der Waals surface area (Å²) in [4.78, 5) is 0.131. The van der Waals surface area contributed by atoms with Crippen LogP contribution in [0.3, 0.4) is 0 Å². The highest BCUT2D eigenvalue weighted by atomic mass is 32.2. The van der Waals surface area contributed by atoms with Gasteiger partial charge in [-0.25, -0.2) is 12.8 Å². The highest BCUT2D eigenvalue weighted by Crippen LogP contribution is 2.22. The standard InChI is InChI=1S/C15H16FNO2S.H2/c1-11(2)12-6-5-7-13(10-12)20(18,19)17-15-9-4-3-8-14(15)16;/h3-11,17H,1-2H3;1H. The second-order valence-electron chi connectivity index (χ2n) is 4.81. The number of hydrogen-bond acceptors (Lipinski definition) is 2. The third-order valence-electron chi connectivity index (χ3n) is 2.95. The lowest BCUT2D eigenvalue weighted by molar-refractivity contribution is 0.598. The van der Waals surface area contributed by atoms with Crippen LogP contribution in [0.5, 0.6) is 0 Å². The van der Waals surface area contributed by atoms with Gasteiger partial charge in [0.1, 0.15) is 5.82 Å². The van der Waals surface area contributed by atoms with Crippen LogP contribution in [0.25, 0.3) is 0 Å². The zero-order chi connectivity index (χ0) is 14.8. The van der Waals surface area contributed by atoms with Gasteiger partial charge in [-0.1, -0.05) is 38.1 Å². The summed E-state index contributed by atoms with van der Waals surface area (Å²) in [6, 6.07) is 12.3. The van der Waals surface area contributed by atoms with Crippen LogP contribution in [0.4, 0.5) is 10.1 Å². The van der Waals surface area contributed by atoms with Gasteiger partial charge in [-0.2, -0.15) is 0 Å². The van der Waals surface area contributed by atoms with Crippen LogP contribution in [0.2, 0.25) is 0 Å². The fraction of sp³-hybridized carbons (Fsp3) is 0.200. The second-order valence-corrected chi connectivity index (χ2v) is 6.49. The van der Waals surface area contributed by atoms with E-state index in [0.717, 1.165) is 5.56 Å². The van der Waals surface area contributed by atoms with Crippen LogP contribution >= 0.6 is 0 Å². The molecule has 2 aromatic rings. The van der Waals surface area contributed by atoms with Gasteiger partial charge >= 0.3 is 0 Å². The molecule has 0 saturated heterocycles. The van der Waals surface area contributed by atoms with Crippen molar-refractivity contribution in [3.05, 3.63) is 59.9 Å². The summed E-state index contributed by atoms with van der Waals surface area (Å²) >= 11 is 0. The fourth-order valence-corrected chi connectivity index (χ4v) is 2.91. The maximum atomic E-state index is 13.5. The van der Waals surface area contributed by atoms with Crippen molar-refractivity contribution >= 4 is 15.7 Å². The van der Waals surface area contributed by atoms with Crippen LogP contribution in [0.15, 0.2) is 53.4 Å². The molecule has 0 fully saturated rings. The molecule has 2 aromatic carbocycles. The van der Waals surface area contributed by atoms with Gasteiger partial charge in [-0.05, 0) is 35.7 Å². The van der Waals surface area contributed by atoms with Crippen LogP contribution in [0.1, 0.15) is 26.8 Å². The molecule has 0 heterocycles. The first-order chi connectivity index (χ1) is 9.40. The number of para-hydroxylation sites is 1. The molecule has 0 saturated carbocycles. The third-order valence-corrected chi connectivity index (χ3v) is 4.32. The summed E-state index contributed by atoms with van der Waals surface area (Å²) in [5, 5.41) is 0. The largest absolute Gasteiger partial charge is 0.277 e. The Kier molecular flexibility index (Phi) is 4.09. The van der Waals surface area contributed by atoms with Crippen molar-refractivity contribution in [2.24, 2.45) is 0 Å². The van der Waals surface area contributed by atoms with Gasteiger partial charge in [0, 0.05) is 1.43 Å². The first-order valence-electron chi connectivity index (χ1n) is 6.27. The van der Waals surface area contributed by atoms with Gasteiger partial charge in [0.05, 0.1) is 10.6 Å². The Morgan fingerprint density at radius 2 is 1.80 bits per heavy atom. The predicted octanol–water partition coefficient (Wildman–Crippen LogP) is 4.00. The van der Waals surface area contributed by atoms with Crippen LogP contribution < -0.4 is 4.72 Å². The Labute approximate surface area is 120 Å². The van der Waals surface area contributed by atoms with Crippen LogP contribution in [0, 0.1) is 5.82 Å². The minimum Gasteiger partial charge on any atom is -0.277 e. The highest BCUT2D eigenvalue weighted by Gasteiger charge is 2.16. The molecule has 0 radical (unpaired) electrons. The molecule has 0 atom stereocenters. The van der Waals surface area contributed by atoms with Crippen LogP contribution in [-0.2, 0) is 10.0 Å².